The third kappa shape index (κ3) is 2.83. The predicted molar refractivity (Wildman–Crippen MR) is 101 cm³/mol. The van der Waals surface area contributed by atoms with Gasteiger partial charge in [-0.1, -0.05) is 0 Å². The molecule has 144 valence electrons. The molecule has 5 fully saturated rings. The molecule has 4 bridgehead atoms. The van der Waals surface area contributed by atoms with Crippen molar-refractivity contribution in [2.75, 3.05) is 11.5 Å². The van der Waals surface area contributed by atoms with E-state index in [4.69, 9.17) is 10.1 Å². The van der Waals surface area contributed by atoms with Crippen LogP contribution in [0, 0.1) is 23.7 Å². The van der Waals surface area contributed by atoms with Gasteiger partial charge in [-0.2, -0.15) is 5.10 Å². The van der Waals surface area contributed by atoms with E-state index in [2.05, 4.69) is 18.5 Å². The molecule has 5 nitrogen and oxygen atoms in total. The normalized spacial score (nSPS) is 40.6. The third-order valence-electron chi connectivity index (χ3n) is 7.50. The fourth-order valence-corrected chi connectivity index (χ4v) is 8.67. The molecule has 26 heavy (non-hydrogen) atoms. The van der Waals surface area contributed by atoms with E-state index in [0.717, 1.165) is 42.2 Å². The first-order chi connectivity index (χ1) is 12.3. The molecule has 0 radical (unpaired) electrons. The first-order valence-electron chi connectivity index (χ1n) is 10.5. The van der Waals surface area contributed by atoms with Gasteiger partial charge in [0.15, 0.2) is 15.7 Å². The van der Waals surface area contributed by atoms with Crippen molar-refractivity contribution in [3.8, 4) is 0 Å². The molecule has 0 spiro atoms. The average Bonchev–Trinajstić information content (AvgIpc) is 3.10. The van der Waals surface area contributed by atoms with Crippen LogP contribution in [0.4, 0.5) is 0 Å². The minimum atomic E-state index is -2.84. The van der Waals surface area contributed by atoms with Gasteiger partial charge in [-0.15, -0.1) is 0 Å². The number of aromatic nitrogens is 3. The molecule has 1 unspecified atom stereocenters. The van der Waals surface area contributed by atoms with Gasteiger partial charge in [-0.25, -0.2) is 18.1 Å². The molecule has 4 aliphatic carbocycles. The van der Waals surface area contributed by atoms with Gasteiger partial charge >= 0.3 is 0 Å². The lowest BCUT2D eigenvalue weighted by Crippen LogP contribution is -2.49. The third-order valence-corrected chi connectivity index (χ3v) is 9.34. The minimum absolute atomic E-state index is 0.214. The summed E-state index contributed by atoms with van der Waals surface area (Å²) in [5.41, 5.74) is 0.214. The van der Waals surface area contributed by atoms with Crippen LogP contribution in [-0.4, -0.2) is 34.7 Å². The van der Waals surface area contributed by atoms with Crippen LogP contribution in [0.25, 0.3) is 0 Å². The number of hydrogen-bond donors (Lipinski definition) is 0. The first kappa shape index (κ1) is 17.2. The summed E-state index contributed by atoms with van der Waals surface area (Å²) in [4.78, 5) is 5.09. The summed E-state index contributed by atoms with van der Waals surface area (Å²) in [5.74, 6) is 5.64. The molecule has 1 aliphatic heterocycles. The highest BCUT2D eigenvalue weighted by Gasteiger charge is 2.53. The van der Waals surface area contributed by atoms with Crippen molar-refractivity contribution >= 4 is 9.84 Å². The number of hydrogen-bond acceptors (Lipinski definition) is 4. The van der Waals surface area contributed by atoms with Gasteiger partial charge in [0.1, 0.15) is 5.82 Å². The van der Waals surface area contributed by atoms with E-state index in [1.807, 2.05) is 0 Å². The van der Waals surface area contributed by atoms with Gasteiger partial charge in [0.05, 0.1) is 11.5 Å². The van der Waals surface area contributed by atoms with E-state index >= 15 is 0 Å². The van der Waals surface area contributed by atoms with Gasteiger partial charge in [0.25, 0.3) is 0 Å². The summed E-state index contributed by atoms with van der Waals surface area (Å²) in [6.07, 6.45) is 9.65. The van der Waals surface area contributed by atoms with E-state index in [9.17, 15) is 8.42 Å². The van der Waals surface area contributed by atoms with Crippen LogP contribution in [-0.2, 0) is 21.7 Å². The van der Waals surface area contributed by atoms with Gasteiger partial charge in [-0.05, 0) is 82.5 Å². The minimum Gasteiger partial charge on any atom is -0.247 e. The fourth-order valence-electron chi connectivity index (χ4n) is 6.81. The van der Waals surface area contributed by atoms with Crippen molar-refractivity contribution in [1.82, 2.24) is 14.8 Å². The summed E-state index contributed by atoms with van der Waals surface area (Å²) < 4.78 is 25.8. The molecule has 2 heterocycles. The molecule has 0 amide bonds. The standard InChI is InChI=1S/C20H31N3O2S/c1-13(2)23-18(8-14-3-4-26(24,25)12-14)21-19(22-23)20-9-15-5-16(10-20)7-17(6-15)11-20/h13-17H,3-12H2,1-2H3. The zero-order valence-electron chi connectivity index (χ0n) is 16.0. The van der Waals surface area contributed by atoms with Crippen molar-refractivity contribution in [1.29, 1.82) is 0 Å². The van der Waals surface area contributed by atoms with Crippen molar-refractivity contribution < 1.29 is 8.42 Å². The fraction of sp³-hybridized carbons (Fsp3) is 0.900. The average molecular weight is 378 g/mol. The number of rotatable bonds is 4. The summed E-state index contributed by atoms with van der Waals surface area (Å²) in [5, 5.41) is 5.03. The Hall–Kier alpha value is -0.910. The van der Waals surface area contributed by atoms with E-state index in [-0.39, 0.29) is 17.4 Å². The first-order valence-corrected chi connectivity index (χ1v) is 12.3. The Morgan fingerprint density at radius 1 is 1.12 bits per heavy atom. The Bertz CT molecular complexity index is 776. The van der Waals surface area contributed by atoms with Crippen molar-refractivity contribution in [3.05, 3.63) is 11.6 Å². The lowest BCUT2D eigenvalue weighted by Gasteiger charge is -2.55. The summed E-state index contributed by atoms with van der Waals surface area (Å²) in [6, 6.07) is 0.276. The Morgan fingerprint density at radius 3 is 2.23 bits per heavy atom. The SMILES string of the molecule is CC(C)n1nc(C23CC4CC(CC(C4)C2)C3)nc1CC1CCS(=O)(=O)C1. The molecular formula is C20H31N3O2S. The Morgan fingerprint density at radius 2 is 1.73 bits per heavy atom. The molecule has 4 saturated carbocycles. The second-order valence-corrected chi connectivity index (χ2v) is 12.3. The monoisotopic (exact) mass is 377 g/mol. The Kier molecular flexibility index (Phi) is 3.83. The molecule has 1 atom stereocenters. The maximum atomic E-state index is 11.8. The maximum Gasteiger partial charge on any atom is 0.157 e. The summed E-state index contributed by atoms with van der Waals surface area (Å²) in [7, 11) is -2.84. The topological polar surface area (TPSA) is 64.8 Å². The highest BCUT2D eigenvalue weighted by molar-refractivity contribution is 7.91. The molecule has 1 aromatic heterocycles. The second-order valence-electron chi connectivity index (χ2n) is 10.1. The van der Waals surface area contributed by atoms with E-state index in [1.54, 1.807) is 0 Å². The Labute approximate surface area is 156 Å². The van der Waals surface area contributed by atoms with Crippen LogP contribution in [0.3, 0.4) is 0 Å². The zero-order valence-corrected chi connectivity index (χ0v) is 16.8. The molecular weight excluding hydrogens is 346 g/mol. The van der Waals surface area contributed by atoms with Crippen LogP contribution in [0.15, 0.2) is 0 Å². The largest absolute Gasteiger partial charge is 0.247 e. The second kappa shape index (κ2) is 5.79. The molecule has 0 N–H and O–H groups in total. The smallest absolute Gasteiger partial charge is 0.157 e. The van der Waals surface area contributed by atoms with Crippen molar-refractivity contribution in [3.63, 3.8) is 0 Å². The maximum absolute atomic E-state index is 11.8. The summed E-state index contributed by atoms with van der Waals surface area (Å²) in [6.45, 7) is 4.32. The van der Waals surface area contributed by atoms with E-state index in [0.29, 0.717) is 11.5 Å². The van der Waals surface area contributed by atoms with Crippen molar-refractivity contribution in [2.45, 2.75) is 76.7 Å². The lowest BCUT2D eigenvalue weighted by atomic mass is 9.49. The van der Waals surface area contributed by atoms with Gasteiger partial charge in [0, 0.05) is 17.9 Å². The quantitative estimate of drug-likeness (QED) is 0.807. The molecule has 5 aliphatic rings. The van der Waals surface area contributed by atoms with Crippen LogP contribution in [0.1, 0.15) is 76.5 Å². The number of sulfone groups is 1. The van der Waals surface area contributed by atoms with Crippen LogP contribution >= 0.6 is 0 Å². The zero-order chi connectivity index (χ0) is 18.1. The predicted octanol–water partition coefficient (Wildman–Crippen LogP) is 3.30. The molecule has 0 aromatic carbocycles. The number of nitrogens with zero attached hydrogens (tertiary/aromatic N) is 3. The van der Waals surface area contributed by atoms with E-state index in [1.165, 1.54) is 38.5 Å². The van der Waals surface area contributed by atoms with Crippen molar-refractivity contribution in [2.24, 2.45) is 23.7 Å². The van der Waals surface area contributed by atoms with Gasteiger partial charge in [0.2, 0.25) is 0 Å². The molecule has 6 heteroatoms. The van der Waals surface area contributed by atoms with Crippen LogP contribution in [0.5, 0.6) is 0 Å². The molecule has 1 aromatic rings. The lowest BCUT2D eigenvalue weighted by molar-refractivity contribution is -0.00950. The molecule has 1 saturated heterocycles. The van der Waals surface area contributed by atoms with Gasteiger partial charge in [-0.3, -0.25) is 0 Å². The highest BCUT2D eigenvalue weighted by Crippen LogP contribution is 2.60. The van der Waals surface area contributed by atoms with Crippen LogP contribution < -0.4 is 0 Å². The van der Waals surface area contributed by atoms with Crippen LogP contribution in [0.2, 0.25) is 0 Å². The Balaban J connectivity index is 1.45. The van der Waals surface area contributed by atoms with E-state index < -0.39 is 9.84 Å². The summed E-state index contributed by atoms with van der Waals surface area (Å²) >= 11 is 0. The van der Waals surface area contributed by atoms with Gasteiger partial charge < -0.3 is 0 Å². The molecule has 6 rings (SSSR count). The highest BCUT2D eigenvalue weighted by atomic mass is 32.2.